The third kappa shape index (κ3) is 3.72. The molecule has 0 unspecified atom stereocenters. The van der Waals surface area contributed by atoms with Crippen LogP contribution in [0, 0.1) is 0 Å². The third-order valence-electron chi connectivity index (χ3n) is 4.95. The van der Waals surface area contributed by atoms with Crippen molar-refractivity contribution in [3.05, 3.63) is 121 Å². The Kier molecular flexibility index (Phi) is 5.43. The summed E-state index contributed by atoms with van der Waals surface area (Å²) in [5.74, 6) is 0. The molecule has 0 atom stereocenters. The van der Waals surface area contributed by atoms with Crippen LogP contribution in [-0.2, 0) is 6.16 Å². The van der Waals surface area contributed by atoms with Crippen LogP contribution in [0.25, 0.3) is 0 Å². The number of thiol groups is 1. The van der Waals surface area contributed by atoms with Crippen molar-refractivity contribution in [3.8, 4) is 0 Å². The van der Waals surface area contributed by atoms with Gasteiger partial charge in [-0.25, -0.2) is 0 Å². The Morgan fingerprint density at radius 1 is 0.481 bits per heavy atom. The van der Waals surface area contributed by atoms with E-state index in [0.29, 0.717) is 0 Å². The first-order valence-corrected chi connectivity index (χ1v) is 11.5. The van der Waals surface area contributed by atoms with Crippen LogP contribution < -0.4 is 15.9 Å². The highest BCUT2D eigenvalue weighted by Crippen LogP contribution is 2.58. The van der Waals surface area contributed by atoms with E-state index in [9.17, 15) is 0 Å². The molecule has 0 spiro atoms. The fraction of sp³-hybridized carbons (Fsp3) is 0.0400. The van der Waals surface area contributed by atoms with Crippen LogP contribution in [0.1, 0.15) is 5.56 Å². The van der Waals surface area contributed by atoms with Crippen molar-refractivity contribution in [2.24, 2.45) is 0 Å². The van der Waals surface area contributed by atoms with Crippen molar-refractivity contribution in [1.29, 1.82) is 0 Å². The first-order valence-electron chi connectivity index (χ1n) is 9.12. The zero-order valence-corrected chi connectivity index (χ0v) is 16.9. The molecule has 0 N–H and O–H groups in total. The molecule has 0 radical (unpaired) electrons. The van der Waals surface area contributed by atoms with Gasteiger partial charge in [-0.15, -0.1) is 12.6 Å². The Hall–Kier alpha value is -2.34. The second-order valence-corrected chi connectivity index (χ2v) is 10.6. The summed E-state index contributed by atoms with van der Waals surface area (Å²) in [5, 5.41) is 4.24. The smallest absolute Gasteiger partial charge is 0.116 e. The molecule has 0 aliphatic carbocycles. The average Bonchev–Trinajstić information content (AvgIpc) is 2.75. The molecule has 0 bridgehead atoms. The summed E-state index contributed by atoms with van der Waals surface area (Å²) < 4.78 is 0. The van der Waals surface area contributed by atoms with Crippen molar-refractivity contribution in [3.63, 3.8) is 0 Å². The zero-order valence-electron chi connectivity index (χ0n) is 15.1. The lowest BCUT2D eigenvalue weighted by Crippen LogP contribution is -2.32. The average molecular weight is 385 g/mol. The topological polar surface area (TPSA) is 0 Å². The highest BCUT2D eigenvalue weighted by Gasteiger charge is 2.45. The van der Waals surface area contributed by atoms with Gasteiger partial charge < -0.3 is 0 Å². The van der Waals surface area contributed by atoms with E-state index in [1.54, 1.807) is 0 Å². The molecule has 0 amide bonds. The van der Waals surface area contributed by atoms with E-state index in [-0.39, 0.29) is 0 Å². The molecule has 4 aromatic carbocycles. The van der Waals surface area contributed by atoms with Crippen LogP contribution in [0.3, 0.4) is 0 Å². The highest BCUT2D eigenvalue weighted by atomic mass is 32.1. The van der Waals surface area contributed by atoms with Crippen LogP contribution in [0.2, 0.25) is 0 Å². The van der Waals surface area contributed by atoms with E-state index in [1.165, 1.54) is 21.5 Å². The second kappa shape index (κ2) is 8.13. The molecule has 0 heterocycles. The van der Waals surface area contributed by atoms with Crippen molar-refractivity contribution in [1.82, 2.24) is 0 Å². The Labute approximate surface area is 167 Å². The molecule has 4 rings (SSSR count). The number of hydrogen-bond acceptors (Lipinski definition) is 1. The van der Waals surface area contributed by atoms with Gasteiger partial charge in [0.1, 0.15) is 23.2 Å². The molecule has 0 aromatic heterocycles. The van der Waals surface area contributed by atoms with Gasteiger partial charge in [0.15, 0.2) is 0 Å². The molecule has 0 nitrogen and oxygen atoms in total. The van der Waals surface area contributed by atoms with Crippen molar-refractivity contribution >= 4 is 35.8 Å². The van der Waals surface area contributed by atoms with E-state index in [2.05, 4.69) is 128 Å². The van der Waals surface area contributed by atoms with Crippen molar-refractivity contribution in [2.75, 3.05) is 0 Å². The predicted octanol–water partition coefficient (Wildman–Crippen LogP) is 5.47. The van der Waals surface area contributed by atoms with Crippen LogP contribution in [0.15, 0.2) is 120 Å². The molecule has 2 heteroatoms. The largest absolute Gasteiger partial charge is 0.143 e. The lowest BCUT2D eigenvalue weighted by molar-refractivity contribution is 1.34. The standard InChI is InChI=1S/C25H21PS/c27-25-18-16-21(17-19-25)20-26(22-10-4-1-5-11-22,23-12-6-2-7-13-23)24-14-8-3-9-15-24/h1-19H,20H2/p+1. The Morgan fingerprint density at radius 3 is 1.22 bits per heavy atom. The predicted molar refractivity (Wildman–Crippen MR) is 123 cm³/mol. The molecule has 0 aliphatic heterocycles. The monoisotopic (exact) mass is 385 g/mol. The molecule has 0 aliphatic rings. The van der Waals surface area contributed by atoms with Gasteiger partial charge >= 0.3 is 0 Å². The number of benzene rings is 4. The van der Waals surface area contributed by atoms with Crippen LogP contribution in [0.4, 0.5) is 0 Å². The maximum absolute atomic E-state index is 4.46. The Bertz CT molecular complexity index is 884. The van der Waals surface area contributed by atoms with E-state index in [1.807, 2.05) is 0 Å². The minimum atomic E-state index is -1.82. The summed E-state index contributed by atoms with van der Waals surface area (Å²) in [6.07, 6.45) is 0.999. The quantitative estimate of drug-likeness (QED) is 0.342. The van der Waals surface area contributed by atoms with Gasteiger partial charge in [0.25, 0.3) is 0 Å². The van der Waals surface area contributed by atoms with Gasteiger partial charge in [0.05, 0.1) is 6.16 Å². The summed E-state index contributed by atoms with van der Waals surface area (Å²) in [7, 11) is -1.82. The highest BCUT2D eigenvalue weighted by molar-refractivity contribution is 7.95. The molecule has 4 aromatic rings. The minimum absolute atomic E-state index is 0.999. The maximum Gasteiger partial charge on any atom is 0.116 e. The van der Waals surface area contributed by atoms with Gasteiger partial charge in [-0.1, -0.05) is 66.7 Å². The van der Waals surface area contributed by atoms with Crippen LogP contribution in [-0.4, -0.2) is 0 Å². The third-order valence-corrected chi connectivity index (χ3v) is 9.62. The SMILES string of the molecule is Sc1ccc(C[P+](c2ccccc2)(c2ccccc2)c2ccccc2)cc1. The summed E-state index contributed by atoms with van der Waals surface area (Å²) in [4.78, 5) is 1.00. The van der Waals surface area contributed by atoms with Gasteiger partial charge in [-0.3, -0.25) is 0 Å². The first kappa shape index (κ1) is 18.0. The van der Waals surface area contributed by atoms with Gasteiger partial charge in [-0.2, -0.15) is 0 Å². The summed E-state index contributed by atoms with van der Waals surface area (Å²) in [6.45, 7) is 0. The van der Waals surface area contributed by atoms with E-state index >= 15 is 0 Å². The van der Waals surface area contributed by atoms with Gasteiger partial charge in [0, 0.05) is 4.90 Å². The number of hydrogen-bond donors (Lipinski definition) is 1. The molecule has 132 valence electrons. The fourth-order valence-electron chi connectivity index (χ4n) is 3.64. The number of rotatable bonds is 5. The second-order valence-electron chi connectivity index (χ2n) is 6.64. The normalized spacial score (nSPS) is 11.3. The summed E-state index contributed by atoms with van der Waals surface area (Å²) in [5.41, 5.74) is 1.35. The zero-order chi connectivity index (χ0) is 18.5. The first-order chi connectivity index (χ1) is 13.3. The van der Waals surface area contributed by atoms with Crippen LogP contribution >= 0.6 is 19.9 Å². The van der Waals surface area contributed by atoms with Crippen molar-refractivity contribution in [2.45, 2.75) is 11.1 Å². The summed E-state index contributed by atoms with van der Waals surface area (Å²) >= 11 is 4.46. The molecule has 0 fully saturated rings. The van der Waals surface area contributed by atoms with Crippen LogP contribution in [0.5, 0.6) is 0 Å². The Morgan fingerprint density at radius 2 is 0.852 bits per heavy atom. The van der Waals surface area contributed by atoms with E-state index in [4.69, 9.17) is 0 Å². The molecular formula is C25H22PS+. The molecule has 27 heavy (non-hydrogen) atoms. The van der Waals surface area contributed by atoms with E-state index in [0.717, 1.165) is 11.1 Å². The lowest BCUT2D eigenvalue weighted by Gasteiger charge is -2.27. The summed E-state index contributed by atoms with van der Waals surface area (Å²) in [6, 6.07) is 41.6. The van der Waals surface area contributed by atoms with Crippen molar-refractivity contribution < 1.29 is 0 Å². The van der Waals surface area contributed by atoms with Gasteiger partial charge in [-0.05, 0) is 54.1 Å². The molecule has 0 saturated carbocycles. The van der Waals surface area contributed by atoms with Gasteiger partial charge in [0.2, 0.25) is 0 Å². The maximum atomic E-state index is 4.46. The minimum Gasteiger partial charge on any atom is -0.143 e. The molecule has 0 saturated heterocycles. The molecular weight excluding hydrogens is 363 g/mol. The Balaban J connectivity index is 1.98. The fourth-order valence-corrected chi connectivity index (χ4v) is 8.04. The van der Waals surface area contributed by atoms with E-state index < -0.39 is 7.26 Å². The lowest BCUT2D eigenvalue weighted by atomic mass is 10.2.